The molecular weight excluding hydrogens is 228 g/mol. The van der Waals surface area contributed by atoms with Gasteiger partial charge >= 0.3 is 0 Å². The van der Waals surface area contributed by atoms with Crippen LogP contribution in [0.4, 0.5) is 0 Å². The summed E-state index contributed by atoms with van der Waals surface area (Å²) in [4.78, 5) is 6.31. The normalized spacial score (nSPS) is 21.6. The SMILES string of the molecule is CCC(N)Cc1nc2c(s1)CC(C(C)C)CC2. The zero-order valence-corrected chi connectivity index (χ0v) is 12.0. The second kappa shape index (κ2) is 5.49. The lowest BCUT2D eigenvalue weighted by atomic mass is 9.83. The van der Waals surface area contributed by atoms with Gasteiger partial charge in [0.05, 0.1) is 10.7 Å². The Morgan fingerprint density at radius 3 is 2.88 bits per heavy atom. The molecule has 0 aliphatic heterocycles. The molecule has 1 heterocycles. The standard InChI is InChI=1S/C14H24N2S/c1-4-11(15)8-14-16-12-6-5-10(9(2)3)7-13(12)17-14/h9-11H,4-8,15H2,1-3H3. The highest BCUT2D eigenvalue weighted by Crippen LogP contribution is 2.33. The van der Waals surface area contributed by atoms with E-state index >= 15 is 0 Å². The van der Waals surface area contributed by atoms with Crippen LogP contribution in [0.3, 0.4) is 0 Å². The second-order valence-corrected chi connectivity index (χ2v) is 6.76. The van der Waals surface area contributed by atoms with Gasteiger partial charge in [-0.2, -0.15) is 0 Å². The maximum atomic E-state index is 6.01. The first kappa shape index (κ1) is 13.0. The largest absolute Gasteiger partial charge is 0.327 e. The Kier molecular flexibility index (Phi) is 4.21. The number of nitrogens with zero attached hydrogens (tertiary/aromatic N) is 1. The molecule has 0 spiro atoms. The third-order valence-corrected chi connectivity index (χ3v) is 5.07. The summed E-state index contributed by atoms with van der Waals surface area (Å²) < 4.78 is 0. The minimum Gasteiger partial charge on any atom is -0.327 e. The monoisotopic (exact) mass is 252 g/mol. The summed E-state index contributed by atoms with van der Waals surface area (Å²) in [5.41, 5.74) is 7.37. The first-order valence-corrected chi connectivity index (χ1v) is 7.64. The maximum Gasteiger partial charge on any atom is 0.0946 e. The van der Waals surface area contributed by atoms with E-state index in [1.807, 2.05) is 11.3 Å². The Hall–Kier alpha value is -0.410. The zero-order chi connectivity index (χ0) is 12.4. The van der Waals surface area contributed by atoms with Crippen molar-refractivity contribution in [2.24, 2.45) is 17.6 Å². The minimum absolute atomic E-state index is 0.281. The number of thiazole rings is 1. The average molecular weight is 252 g/mol. The fourth-order valence-electron chi connectivity index (χ4n) is 2.48. The van der Waals surface area contributed by atoms with Crippen LogP contribution in [0, 0.1) is 11.8 Å². The fourth-order valence-corrected chi connectivity index (χ4v) is 3.78. The summed E-state index contributed by atoms with van der Waals surface area (Å²) in [6.07, 6.45) is 5.73. The van der Waals surface area contributed by atoms with Gasteiger partial charge in [0, 0.05) is 17.3 Å². The molecule has 0 amide bonds. The Morgan fingerprint density at radius 2 is 2.24 bits per heavy atom. The molecule has 0 aromatic carbocycles. The molecule has 0 saturated heterocycles. The Balaban J connectivity index is 2.06. The first-order chi connectivity index (χ1) is 8.10. The lowest BCUT2D eigenvalue weighted by molar-refractivity contribution is 0.344. The molecule has 96 valence electrons. The summed E-state index contributed by atoms with van der Waals surface area (Å²) in [6.45, 7) is 6.82. The molecule has 0 bridgehead atoms. The number of aromatic nitrogens is 1. The highest BCUT2D eigenvalue weighted by Gasteiger charge is 2.24. The lowest BCUT2D eigenvalue weighted by Gasteiger charge is -2.24. The van der Waals surface area contributed by atoms with Gasteiger partial charge in [-0.25, -0.2) is 4.98 Å². The van der Waals surface area contributed by atoms with Crippen molar-refractivity contribution < 1.29 is 0 Å². The van der Waals surface area contributed by atoms with Gasteiger partial charge in [0.25, 0.3) is 0 Å². The number of aryl methyl sites for hydroxylation is 1. The van der Waals surface area contributed by atoms with E-state index in [-0.39, 0.29) is 6.04 Å². The number of hydrogen-bond donors (Lipinski definition) is 1. The number of hydrogen-bond acceptors (Lipinski definition) is 3. The molecule has 0 saturated carbocycles. The molecule has 2 atom stereocenters. The predicted molar refractivity (Wildman–Crippen MR) is 74.4 cm³/mol. The van der Waals surface area contributed by atoms with Crippen molar-refractivity contribution >= 4 is 11.3 Å². The van der Waals surface area contributed by atoms with Crippen molar-refractivity contribution in [1.29, 1.82) is 0 Å². The molecule has 1 aliphatic carbocycles. The number of rotatable bonds is 4. The molecule has 2 rings (SSSR count). The van der Waals surface area contributed by atoms with Gasteiger partial charge < -0.3 is 5.73 Å². The van der Waals surface area contributed by atoms with Crippen LogP contribution in [0.25, 0.3) is 0 Å². The summed E-state index contributed by atoms with van der Waals surface area (Å²) in [6, 6.07) is 0.281. The molecular formula is C14H24N2S. The predicted octanol–water partition coefficient (Wildman–Crippen LogP) is 3.18. The lowest BCUT2D eigenvalue weighted by Crippen LogP contribution is -2.21. The van der Waals surface area contributed by atoms with E-state index in [9.17, 15) is 0 Å². The first-order valence-electron chi connectivity index (χ1n) is 6.83. The number of fused-ring (bicyclic) bond motifs is 1. The third-order valence-electron chi connectivity index (χ3n) is 3.93. The van der Waals surface area contributed by atoms with Gasteiger partial charge in [0.2, 0.25) is 0 Å². The zero-order valence-electron chi connectivity index (χ0n) is 11.2. The average Bonchev–Trinajstić information content (AvgIpc) is 2.69. The molecule has 1 aromatic heterocycles. The molecule has 0 radical (unpaired) electrons. The van der Waals surface area contributed by atoms with E-state index in [0.717, 1.165) is 24.7 Å². The van der Waals surface area contributed by atoms with E-state index in [2.05, 4.69) is 20.8 Å². The van der Waals surface area contributed by atoms with E-state index in [4.69, 9.17) is 10.7 Å². The van der Waals surface area contributed by atoms with Gasteiger partial charge in [0.1, 0.15) is 0 Å². The molecule has 2 unspecified atom stereocenters. The highest BCUT2D eigenvalue weighted by atomic mass is 32.1. The smallest absolute Gasteiger partial charge is 0.0946 e. The van der Waals surface area contributed by atoms with Crippen LogP contribution in [0.15, 0.2) is 0 Å². The van der Waals surface area contributed by atoms with Crippen molar-refractivity contribution in [3.05, 3.63) is 15.6 Å². The van der Waals surface area contributed by atoms with Gasteiger partial charge in [-0.15, -0.1) is 11.3 Å². The van der Waals surface area contributed by atoms with Crippen LogP contribution < -0.4 is 5.73 Å². The second-order valence-electron chi connectivity index (χ2n) is 5.60. The Bertz CT molecular complexity index is 370. The van der Waals surface area contributed by atoms with E-state index in [1.165, 1.54) is 34.8 Å². The van der Waals surface area contributed by atoms with Crippen LogP contribution in [-0.2, 0) is 19.3 Å². The fraction of sp³-hybridized carbons (Fsp3) is 0.786. The van der Waals surface area contributed by atoms with Crippen LogP contribution >= 0.6 is 11.3 Å². The molecule has 3 heteroatoms. The Morgan fingerprint density at radius 1 is 1.47 bits per heavy atom. The van der Waals surface area contributed by atoms with Crippen LogP contribution in [0.2, 0.25) is 0 Å². The molecule has 1 aromatic rings. The quantitative estimate of drug-likeness (QED) is 0.894. The topological polar surface area (TPSA) is 38.9 Å². The van der Waals surface area contributed by atoms with E-state index in [0.29, 0.717) is 0 Å². The third kappa shape index (κ3) is 3.08. The summed E-state index contributed by atoms with van der Waals surface area (Å²) in [5, 5.41) is 1.26. The van der Waals surface area contributed by atoms with Gasteiger partial charge in [0.15, 0.2) is 0 Å². The van der Waals surface area contributed by atoms with Crippen molar-refractivity contribution in [1.82, 2.24) is 4.98 Å². The molecule has 2 nitrogen and oxygen atoms in total. The highest BCUT2D eigenvalue weighted by molar-refractivity contribution is 7.11. The molecule has 17 heavy (non-hydrogen) atoms. The number of nitrogens with two attached hydrogens (primary N) is 1. The minimum atomic E-state index is 0.281. The van der Waals surface area contributed by atoms with E-state index in [1.54, 1.807) is 0 Å². The molecule has 0 fully saturated rings. The van der Waals surface area contributed by atoms with Gasteiger partial charge in [-0.05, 0) is 37.5 Å². The van der Waals surface area contributed by atoms with Crippen molar-refractivity contribution in [3.63, 3.8) is 0 Å². The van der Waals surface area contributed by atoms with Crippen LogP contribution in [-0.4, -0.2) is 11.0 Å². The van der Waals surface area contributed by atoms with Gasteiger partial charge in [-0.1, -0.05) is 20.8 Å². The van der Waals surface area contributed by atoms with Crippen molar-refractivity contribution in [2.75, 3.05) is 0 Å². The van der Waals surface area contributed by atoms with E-state index < -0.39 is 0 Å². The molecule has 2 N–H and O–H groups in total. The van der Waals surface area contributed by atoms with Crippen LogP contribution in [0.1, 0.15) is 49.2 Å². The summed E-state index contributed by atoms with van der Waals surface area (Å²) >= 11 is 1.91. The summed E-state index contributed by atoms with van der Waals surface area (Å²) in [5.74, 6) is 1.65. The van der Waals surface area contributed by atoms with Crippen LogP contribution in [0.5, 0.6) is 0 Å². The van der Waals surface area contributed by atoms with Gasteiger partial charge in [-0.3, -0.25) is 0 Å². The van der Waals surface area contributed by atoms with Crippen molar-refractivity contribution in [3.8, 4) is 0 Å². The maximum absolute atomic E-state index is 6.01. The molecule has 1 aliphatic rings. The van der Waals surface area contributed by atoms with Crippen molar-refractivity contribution in [2.45, 2.75) is 58.9 Å². The Labute approximate surface area is 109 Å². The summed E-state index contributed by atoms with van der Waals surface area (Å²) in [7, 11) is 0.